The van der Waals surface area contributed by atoms with Gasteiger partial charge in [-0.2, -0.15) is 0 Å². The molecular formula is C20H19BrO3. The molecule has 0 unspecified atom stereocenters. The van der Waals surface area contributed by atoms with Gasteiger partial charge in [-0.05, 0) is 83.6 Å². The number of phenols is 1. The molecule has 1 N–H and O–H groups in total. The molecule has 0 fully saturated rings. The Hall–Kier alpha value is -2.07. The molecule has 0 spiro atoms. The second-order valence-corrected chi connectivity index (χ2v) is 7.01. The second-order valence-electron chi connectivity index (χ2n) is 6.16. The van der Waals surface area contributed by atoms with Gasteiger partial charge in [0, 0.05) is 11.1 Å². The van der Waals surface area contributed by atoms with Gasteiger partial charge in [0.25, 0.3) is 0 Å². The predicted octanol–water partition coefficient (Wildman–Crippen LogP) is 4.99. The van der Waals surface area contributed by atoms with E-state index in [1.54, 1.807) is 12.1 Å². The first-order valence-electron chi connectivity index (χ1n) is 7.82. The van der Waals surface area contributed by atoms with E-state index in [1.165, 1.54) is 12.7 Å². The van der Waals surface area contributed by atoms with Crippen LogP contribution >= 0.6 is 15.9 Å². The van der Waals surface area contributed by atoms with Gasteiger partial charge in [0.05, 0.1) is 11.6 Å². The number of aromatic hydroxyl groups is 1. The molecule has 0 saturated heterocycles. The van der Waals surface area contributed by atoms with Crippen LogP contribution in [0.5, 0.6) is 11.5 Å². The van der Waals surface area contributed by atoms with Gasteiger partial charge in [-0.1, -0.05) is 11.6 Å². The molecule has 0 aromatic heterocycles. The van der Waals surface area contributed by atoms with Crippen LogP contribution in [0, 0.1) is 13.8 Å². The number of benzene rings is 2. The lowest BCUT2D eigenvalue weighted by Crippen LogP contribution is -2.15. The summed E-state index contributed by atoms with van der Waals surface area (Å²) in [5.41, 5.74) is 5.88. The van der Waals surface area contributed by atoms with E-state index in [0.29, 0.717) is 10.2 Å². The Labute approximate surface area is 150 Å². The molecule has 3 rings (SSSR count). The number of allylic oxidation sites excluding steroid dienone is 1. The number of carbonyl (C=O) groups is 1. The van der Waals surface area contributed by atoms with E-state index in [2.05, 4.69) is 28.9 Å². The van der Waals surface area contributed by atoms with Gasteiger partial charge in [0.2, 0.25) is 0 Å². The van der Waals surface area contributed by atoms with Crippen molar-refractivity contribution in [2.24, 2.45) is 0 Å². The fraction of sp³-hybridized carbons (Fsp3) is 0.250. The average Bonchev–Trinajstić information content (AvgIpc) is 2.53. The Morgan fingerprint density at radius 3 is 2.62 bits per heavy atom. The van der Waals surface area contributed by atoms with Gasteiger partial charge in [0.1, 0.15) is 0 Å². The molecule has 0 radical (unpaired) electrons. The Kier molecular flexibility index (Phi) is 4.50. The molecule has 0 bridgehead atoms. The van der Waals surface area contributed by atoms with E-state index in [1.807, 2.05) is 19.1 Å². The van der Waals surface area contributed by atoms with E-state index >= 15 is 0 Å². The van der Waals surface area contributed by atoms with Crippen LogP contribution in [-0.2, 0) is 6.42 Å². The van der Waals surface area contributed by atoms with E-state index in [9.17, 15) is 9.90 Å². The predicted molar refractivity (Wildman–Crippen MR) is 98.9 cm³/mol. The summed E-state index contributed by atoms with van der Waals surface area (Å²) < 4.78 is 5.72. The summed E-state index contributed by atoms with van der Waals surface area (Å²) in [6.45, 7) is 4.08. The van der Waals surface area contributed by atoms with Crippen molar-refractivity contribution in [3.63, 3.8) is 0 Å². The van der Waals surface area contributed by atoms with Crippen molar-refractivity contribution in [2.45, 2.75) is 26.7 Å². The number of methoxy groups -OCH3 is 1. The monoisotopic (exact) mass is 386 g/mol. The molecule has 0 heterocycles. The lowest BCUT2D eigenvalue weighted by Gasteiger charge is -2.20. The molecule has 4 heteroatoms. The molecule has 0 aliphatic heterocycles. The number of aryl methyl sites for hydroxylation is 2. The van der Waals surface area contributed by atoms with Gasteiger partial charge in [-0.3, -0.25) is 4.79 Å². The quantitative estimate of drug-likeness (QED) is 0.739. The number of fused-ring (bicyclic) bond motifs is 1. The summed E-state index contributed by atoms with van der Waals surface area (Å²) in [7, 11) is 1.51. The highest BCUT2D eigenvalue weighted by Gasteiger charge is 2.23. The summed E-state index contributed by atoms with van der Waals surface area (Å²) >= 11 is 3.32. The van der Waals surface area contributed by atoms with Crippen molar-refractivity contribution in [1.29, 1.82) is 0 Å². The maximum absolute atomic E-state index is 12.9. The molecule has 0 atom stereocenters. The average molecular weight is 387 g/mol. The number of phenolic OH excluding ortho intramolecular Hbond substituents is 1. The van der Waals surface area contributed by atoms with Crippen LogP contribution in [0.4, 0.5) is 0 Å². The van der Waals surface area contributed by atoms with Crippen molar-refractivity contribution in [2.75, 3.05) is 7.11 Å². The van der Waals surface area contributed by atoms with E-state index in [4.69, 9.17) is 4.74 Å². The SMILES string of the molecule is COc1cc(/C=C2/CCc3c(C)cc(C)cc3C2=O)cc(Br)c1O. The molecule has 1 aliphatic carbocycles. The van der Waals surface area contributed by atoms with Gasteiger partial charge in [-0.15, -0.1) is 0 Å². The fourth-order valence-corrected chi connectivity index (χ4v) is 3.71. The molecule has 0 saturated carbocycles. The Morgan fingerprint density at radius 2 is 1.92 bits per heavy atom. The minimum absolute atomic E-state index is 0.0613. The first-order valence-corrected chi connectivity index (χ1v) is 8.62. The van der Waals surface area contributed by atoms with Crippen molar-refractivity contribution in [3.8, 4) is 11.5 Å². The number of carbonyl (C=O) groups excluding carboxylic acids is 1. The zero-order chi connectivity index (χ0) is 17.4. The fourth-order valence-electron chi connectivity index (χ4n) is 3.25. The molecule has 1 aliphatic rings. The third-order valence-electron chi connectivity index (χ3n) is 4.41. The Bertz CT molecular complexity index is 866. The maximum Gasteiger partial charge on any atom is 0.189 e. The van der Waals surface area contributed by atoms with Gasteiger partial charge < -0.3 is 9.84 Å². The van der Waals surface area contributed by atoms with Crippen LogP contribution in [0.3, 0.4) is 0 Å². The van der Waals surface area contributed by atoms with Gasteiger partial charge in [-0.25, -0.2) is 0 Å². The lowest BCUT2D eigenvalue weighted by molar-refractivity contribution is 0.102. The van der Waals surface area contributed by atoms with Crippen LogP contribution < -0.4 is 4.74 Å². The van der Waals surface area contributed by atoms with E-state index in [-0.39, 0.29) is 11.5 Å². The molecule has 3 nitrogen and oxygen atoms in total. The van der Waals surface area contributed by atoms with Crippen molar-refractivity contribution in [3.05, 3.63) is 62.1 Å². The zero-order valence-corrected chi connectivity index (χ0v) is 15.5. The highest BCUT2D eigenvalue weighted by molar-refractivity contribution is 9.10. The minimum Gasteiger partial charge on any atom is -0.503 e. The number of halogens is 1. The van der Waals surface area contributed by atoms with E-state index < -0.39 is 0 Å². The van der Waals surface area contributed by atoms with Crippen LogP contribution in [0.15, 0.2) is 34.3 Å². The topological polar surface area (TPSA) is 46.5 Å². The number of hydrogen-bond acceptors (Lipinski definition) is 3. The minimum atomic E-state index is 0.0613. The number of hydrogen-bond donors (Lipinski definition) is 1. The van der Waals surface area contributed by atoms with E-state index in [0.717, 1.165) is 40.7 Å². The van der Waals surface area contributed by atoms with Crippen LogP contribution in [-0.4, -0.2) is 18.0 Å². The summed E-state index contributed by atoms with van der Waals surface area (Å²) in [4.78, 5) is 12.9. The molecule has 124 valence electrons. The summed E-state index contributed by atoms with van der Waals surface area (Å²) in [6.07, 6.45) is 3.47. The molecular weight excluding hydrogens is 368 g/mol. The highest BCUT2D eigenvalue weighted by Crippen LogP contribution is 2.37. The van der Waals surface area contributed by atoms with Gasteiger partial charge in [0.15, 0.2) is 17.3 Å². The van der Waals surface area contributed by atoms with Crippen molar-refractivity contribution < 1.29 is 14.6 Å². The summed E-state index contributed by atoms with van der Waals surface area (Å²) in [6, 6.07) is 7.63. The largest absolute Gasteiger partial charge is 0.503 e. The normalized spacial score (nSPS) is 15.5. The number of rotatable bonds is 2. The van der Waals surface area contributed by atoms with Crippen molar-refractivity contribution in [1.82, 2.24) is 0 Å². The van der Waals surface area contributed by atoms with Gasteiger partial charge >= 0.3 is 0 Å². The summed E-state index contributed by atoms with van der Waals surface area (Å²) in [5, 5.41) is 9.91. The first-order chi connectivity index (χ1) is 11.4. The van der Waals surface area contributed by atoms with Crippen molar-refractivity contribution >= 4 is 27.8 Å². The zero-order valence-electron chi connectivity index (χ0n) is 13.9. The van der Waals surface area contributed by atoms with Crippen LogP contribution in [0.25, 0.3) is 6.08 Å². The van der Waals surface area contributed by atoms with Crippen LogP contribution in [0.2, 0.25) is 0 Å². The number of ether oxygens (including phenoxy) is 1. The third kappa shape index (κ3) is 2.98. The molecule has 2 aromatic carbocycles. The Balaban J connectivity index is 2.04. The molecule has 24 heavy (non-hydrogen) atoms. The number of ketones is 1. The Morgan fingerprint density at radius 1 is 1.17 bits per heavy atom. The van der Waals surface area contributed by atoms with Crippen LogP contribution in [0.1, 0.15) is 39.0 Å². The molecule has 2 aromatic rings. The summed E-state index contributed by atoms with van der Waals surface area (Å²) in [5.74, 6) is 0.531. The lowest BCUT2D eigenvalue weighted by atomic mass is 9.83. The molecule has 0 amide bonds. The second kappa shape index (κ2) is 6.44. The number of Topliss-reactive ketones (excluding diaryl/α,β-unsaturated/α-hetero) is 1. The highest BCUT2D eigenvalue weighted by atomic mass is 79.9. The maximum atomic E-state index is 12.9. The first kappa shape index (κ1) is 16.8. The third-order valence-corrected chi connectivity index (χ3v) is 5.01. The standard InChI is InChI=1S/C20H19BrO3/c1-11-6-12(2)15-5-4-14(19(22)16(15)7-11)8-13-9-17(21)20(23)18(10-13)24-3/h6-10,23H,4-5H2,1-3H3/b14-8-. The smallest absolute Gasteiger partial charge is 0.189 e.